The Labute approximate surface area is 200 Å². The Bertz CT molecular complexity index is 718. The van der Waals surface area contributed by atoms with E-state index in [1.54, 1.807) is 13.8 Å². The minimum absolute atomic E-state index is 0.000667. The second-order valence-corrected chi connectivity index (χ2v) is 11.9. The molecule has 0 aliphatic heterocycles. The molecule has 2 aliphatic rings. The average Bonchev–Trinajstić information content (AvgIpc) is 2.75. The number of carboxylic acids is 1. The van der Waals surface area contributed by atoms with E-state index in [0.717, 1.165) is 76.2 Å². The Morgan fingerprint density at radius 2 is 1.55 bits per heavy atom. The Hall–Kier alpha value is -1.49. The number of carboxylic acid groups (broad SMARTS) is 1. The quantitative estimate of drug-likeness (QED) is 0.341. The zero-order chi connectivity index (χ0) is 24.6. The highest BCUT2D eigenvalue weighted by Gasteiger charge is 2.32. The van der Waals surface area contributed by atoms with Crippen LogP contribution >= 0.6 is 0 Å². The molecule has 2 rings (SSSR count). The first-order valence-electron chi connectivity index (χ1n) is 13.1. The van der Waals surface area contributed by atoms with Crippen LogP contribution in [0.4, 0.5) is 0 Å². The third kappa shape index (κ3) is 8.35. The van der Waals surface area contributed by atoms with Gasteiger partial charge in [0.15, 0.2) is 5.78 Å². The highest BCUT2D eigenvalue weighted by atomic mass is 16.4. The molecule has 0 spiro atoms. The Kier molecular flexibility index (Phi) is 10.3. The number of Topliss-reactive ketones (excluding diaryl/α,β-unsaturated/α-hetero) is 2. The van der Waals surface area contributed by atoms with Crippen molar-refractivity contribution in [3.8, 4) is 0 Å². The second-order valence-electron chi connectivity index (χ2n) is 11.9. The predicted molar refractivity (Wildman–Crippen MR) is 131 cm³/mol. The molecule has 0 heterocycles. The van der Waals surface area contributed by atoms with Crippen molar-refractivity contribution in [1.29, 1.82) is 0 Å². The maximum Gasteiger partial charge on any atom is 0.309 e. The maximum atomic E-state index is 13.0. The summed E-state index contributed by atoms with van der Waals surface area (Å²) in [5.41, 5.74) is 0.0635. The smallest absolute Gasteiger partial charge is 0.309 e. The molecule has 0 aromatic carbocycles. The number of aliphatic hydroxyl groups is 1. The minimum Gasteiger partial charge on any atom is -0.481 e. The van der Waals surface area contributed by atoms with Gasteiger partial charge in [0.2, 0.25) is 0 Å². The van der Waals surface area contributed by atoms with Gasteiger partial charge in [-0.1, -0.05) is 39.2 Å². The first kappa shape index (κ1) is 27.8. The lowest BCUT2D eigenvalue weighted by Gasteiger charge is -2.29. The third-order valence-corrected chi connectivity index (χ3v) is 8.01. The lowest BCUT2D eigenvalue weighted by atomic mass is 9.74. The highest BCUT2D eigenvalue weighted by molar-refractivity contribution is 5.98. The molecule has 3 unspecified atom stereocenters. The number of aliphatic hydroxyl groups excluding tert-OH is 1. The molecule has 0 aromatic rings. The lowest BCUT2D eigenvalue weighted by Crippen LogP contribution is -2.29. The fourth-order valence-electron chi connectivity index (χ4n) is 5.37. The summed E-state index contributed by atoms with van der Waals surface area (Å²) < 4.78 is 0. The van der Waals surface area contributed by atoms with E-state index in [9.17, 15) is 24.6 Å². The van der Waals surface area contributed by atoms with Crippen molar-refractivity contribution in [1.82, 2.24) is 0 Å². The molecular formula is C28H46O5. The second kappa shape index (κ2) is 12.3. The molecule has 2 saturated carbocycles. The summed E-state index contributed by atoms with van der Waals surface area (Å²) >= 11 is 0. The fourth-order valence-corrected chi connectivity index (χ4v) is 5.37. The molecule has 0 saturated heterocycles. The van der Waals surface area contributed by atoms with Crippen molar-refractivity contribution < 1.29 is 24.6 Å². The Morgan fingerprint density at radius 3 is 2.21 bits per heavy atom. The van der Waals surface area contributed by atoms with Gasteiger partial charge in [0.25, 0.3) is 0 Å². The third-order valence-electron chi connectivity index (χ3n) is 8.01. The molecule has 188 valence electrons. The number of rotatable bonds is 12. The van der Waals surface area contributed by atoms with Crippen molar-refractivity contribution in [3.05, 3.63) is 11.6 Å². The molecular weight excluding hydrogens is 416 g/mol. The van der Waals surface area contributed by atoms with E-state index in [-0.39, 0.29) is 35.6 Å². The number of carbonyl (C=O) groups excluding carboxylic acids is 2. The largest absolute Gasteiger partial charge is 0.481 e. The van der Waals surface area contributed by atoms with Crippen LogP contribution < -0.4 is 0 Å². The van der Waals surface area contributed by atoms with Gasteiger partial charge in [0.1, 0.15) is 5.78 Å². The van der Waals surface area contributed by atoms with Crippen LogP contribution in [0.3, 0.4) is 0 Å². The summed E-state index contributed by atoms with van der Waals surface area (Å²) in [6, 6.07) is 0. The van der Waals surface area contributed by atoms with E-state index in [1.165, 1.54) is 0 Å². The molecule has 0 bridgehead atoms. The predicted octanol–water partition coefficient (Wildman–Crippen LogP) is 6.13. The van der Waals surface area contributed by atoms with Gasteiger partial charge in [-0.3, -0.25) is 14.4 Å². The van der Waals surface area contributed by atoms with Gasteiger partial charge in [0, 0.05) is 24.4 Å². The Balaban J connectivity index is 1.86. The summed E-state index contributed by atoms with van der Waals surface area (Å²) in [6.07, 6.45) is 13.3. The first-order valence-corrected chi connectivity index (χ1v) is 13.1. The standard InChI is InChI=1S/C28H46O5/c1-27(2,19-29)17-7-13-20-9-5-11-22(24(20)30)15-16-23-12-6-10-21(25(23)31)14-8-18-28(3,4)26(32)33/h16,20-22,29H,5-15,17-19H2,1-4H3,(H,32,33). The van der Waals surface area contributed by atoms with Crippen LogP contribution in [-0.4, -0.2) is 34.4 Å². The van der Waals surface area contributed by atoms with Crippen LogP contribution in [0, 0.1) is 28.6 Å². The normalized spacial score (nSPS) is 26.1. The van der Waals surface area contributed by atoms with Gasteiger partial charge in [-0.25, -0.2) is 0 Å². The van der Waals surface area contributed by atoms with Crippen molar-refractivity contribution >= 4 is 17.5 Å². The summed E-state index contributed by atoms with van der Waals surface area (Å²) in [4.78, 5) is 37.4. The number of ketones is 2. The first-order chi connectivity index (χ1) is 15.5. The highest BCUT2D eigenvalue weighted by Crippen LogP contribution is 2.35. The van der Waals surface area contributed by atoms with E-state index in [4.69, 9.17) is 0 Å². The van der Waals surface area contributed by atoms with Crippen LogP contribution in [0.25, 0.3) is 0 Å². The maximum absolute atomic E-state index is 13.0. The van der Waals surface area contributed by atoms with Crippen LogP contribution in [0.5, 0.6) is 0 Å². The van der Waals surface area contributed by atoms with Gasteiger partial charge in [0.05, 0.1) is 5.41 Å². The molecule has 2 N–H and O–H groups in total. The number of carbonyl (C=O) groups is 3. The minimum atomic E-state index is -0.786. The molecule has 33 heavy (non-hydrogen) atoms. The number of allylic oxidation sites excluding steroid dienone is 2. The van der Waals surface area contributed by atoms with E-state index in [0.29, 0.717) is 18.6 Å². The molecule has 2 fully saturated rings. The number of hydrogen-bond donors (Lipinski definition) is 2. The number of aliphatic carboxylic acids is 1. The van der Waals surface area contributed by atoms with Crippen LogP contribution in [0.15, 0.2) is 11.6 Å². The average molecular weight is 463 g/mol. The van der Waals surface area contributed by atoms with Crippen molar-refractivity contribution in [2.75, 3.05) is 6.61 Å². The van der Waals surface area contributed by atoms with E-state index >= 15 is 0 Å². The van der Waals surface area contributed by atoms with Crippen molar-refractivity contribution in [2.24, 2.45) is 28.6 Å². The molecule has 2 aliphatic carbocycles. The van der Waals surface area contributed by atoms with Gasteiger partial charge in [-0.05, 0) is 89.0 Å². The summed E-state index contributed by atoms with van der Waals surface area (Å²) in [7, 11) is 0. The summed E-state index contributed by atoms with van der Waals surface area (Å²) in [5, 5.41) is 18.7. The fraction of sp³-hybridized carbons (Fsp3) is 0.821. The van der Waals surface area contributed by atoms with Crippen molar-refractivity contribution in [3.63, 3.8) is 0 Å². The monoisotopic (exact) mass is 462 g/mol. The molecule has 5 heteroatoms. The number of hydrogen-bond acceptors (Lipinski definition) is 4. The Morgan fingerprint density at radius 1 is 0.939 bits per heavy atom. The van der Waals surface area contributed by atoms with Crippen LogP contribution in [0.1, 0.15) is 111 Å². The topological polar surface area (TPSA) is 91.7 Å². The zero-order valence-corrected chi connectivity index (χ0v) is 21.3. The van der Waals surface area contributed by atoms with Gasteiger partial charge in [-0.2, -0.15) is 0 Å². The summed E-state index contributed by atoms with van der Waals surface area (Å²) in [6.45, 7) is 7.78. The van der Waals surface area contributed by atoms with Gasteiger partial charge in [-0.15, -0.1) is 0 Å². The van der Waals surface area contributed by atoms with E-state index < -0.39 is 11.4 Å². The SMILES string of the molecule is CC(C)(CO)CCCC1CCCC(CC=C2CCCC(CCCC(C)(C)C(=O)O)C2=O)C1=O. The van der Waals surface area contributed by atoms with Crippen LogP contribution in [-0.2, 0) is 14.4 Å². The van der Waals surface area contributed by atoms with Gasteiger partial charge < -0.3 is 10.2 Å². The molecule has 3 atom stereocenters. The summed E-state index contributed by atoms with van der Waals surface area (Å²) in [5.74, 6) is -0.0309. The van der Waals surface area contributed by atoms with Crippen LogP contribution in [0.2, 0.25) is 0 Å². The molecule has 0 radical (unpaired) electrons. The molecule has 5 nitrogen and oxygen atoms in total. The van der Waals surface area contributed by atoms with E-state index in [2.05, 4.69) is 19.9 Å². The lowest BCUT2D eigenvalue weighted by molar-refractivity contribution is -0.147. The van der Waals surface area contributed by atoms with Crippen molar-refractivity contribution in [2.45, 2.75) is 111 Å². The zero-order valence-electron chi connectivity index (χ0n) is 21.3. The molecule has 0 aromatic heterocycles. The molecule has 0 amide bonds. The van der Waals surface area contributed by atoms with Gasteiger partial charge >= 0.3 is 5.97 Å². The van der Waals surface area contributed by atoms with E-state index in [1.807, 2.05) is 0 Å².